The Bertz CT molecular complexity index is 148. The number of carbonyl (C=O) groups excluding carboxylic acids is 1. The van der Waals surface area contributed by atoms with Crippen LogP contribution in [0.5, 0.6) is 0 Å². The van der Waals surface area contributed by atoms with Gasteiger partial charge in [-0.3, -0.25) is 4.79 Å². The van der Waals surface area contributed by atoms with Crippen LogP contribution in [-0.4, -0.2) is 12.1 Å². The van der Waals surface area contributed by atoms with Crippen LogP contribution in [0, 0.1) is 5.92 Å². The van der Waals surface area contributed by atoms with E-state index in [1.165, 1.54) is 6.92 Å². The first-order valence-electron chi connectivity index (χ1n) is 3.23. The molecule has 1 atom stereocenters. The summed E-state index contributed by atoms with van der Waals surface area (Å²) in [4.78, 5) is 10.3. The fourth-order valence-electron chi connectivity index (χ4n) is 0.726. The number of primary amides is 1. The summed E-state index contributed by atoms with van der Waals surface area (Å²) in [5.74, 6) is -1.96. The third-order valence-corrected chi connectivity index (χ3v) is 1.37. The van der Waals surface area contributed by atoms with E-state index in [-0.39, 0.29) is 18.8 Å². The Kier molecular flexibility index (Phi) is 6.16. The minimum absolute atomic E-state index is 0. The molecule has 0 radical (unpaired) electrons. The molecule has 2 nitrogen and oxygen atoms in total. The summed E-state index contributed by atoms with van der Waals surface area (Å²) in [6.45, 7) is 1.50. The van der Waals surface area contributed by atoms with E-state index >= 15 is 0 Å². The molecule has 1 amide bonds. The normalized spacial score (nSPS) is 13.3. The van der Waals surface area contributed by atoms with Gasteiger partial charge in [-0.2, -0.15) is 13.2 Å². The molecule has 0 aromatic heterocycles. The van der Waals surface area contributed by atoms with Gasteiger partial charge >= 0.3 is 6.18 Å². The number of halogens is 4. The zero-order valence-corrected chi connectivity index (χ0v) is 7.34. The zero-order chi connectivity index (χ0) is 9.07. The molecule has 6 heteroatoms. The molecule has 12 heavy (non-hydrogen) atoms. The molecule has 0 aromatic carbocycles. The second-order valence-corrected chi connectivity index (χ2v) is 2.33. The Morgan fingerprint density at radius 2 is 1.92 bits per heavy atom. The number of nitrogens with two attached hydrogens (primary N) is 1. The Morgan fingerprint density at radius 1 is 1.50 bits per heavy atom. The predicted octanol–water partition coefficient (Wildman–Crippen LogP) is 1.87. The van der Waals surface area contributed by atoms with Crippen LogP contribution in [0.4, 0.5) is 13.2 Å². The van der Waals surface area contributed by atoms with Gasteiger partial charge in [0.15, 0.2) is 0 Å². The predicted molar refractivity (Wildman–Crippen MR) is 40.9 cm³/mol. The Hall–Kier alpha value is -0.450. The maximum absolute atomic E-state index is 11.6. The number of hydrogen-bond acceptors (Lipinski definition) is 1. The summed E-state index contributed by atoms with van der Waals surface area (Å²) in [6.07, 6.45) is -5.27. The van der Waals surface area contributed by atoms with Crippen molar-refractivity contribution < 1.29 is 18.0 Å². The molecule has 0 fully saturated rings. The fourth-order valence-corrected chi connectivity index (χ4v) is 0.726. The summed E-state index contributed by atoms with van der Waals surface area (Å²) in [5, 5.41) is 0. The van der Waals surface area contributed by atoms with Crippen LogP contribution in [0.3, 0.4) is 0 Å². The van der Waals surface area contributed by atoms with Crippen molar-refractivity contribution in [3.8, 4) is 0 Å². The molecule has 0 aromatic rings. The van der Waals surface area contributed by atoms with Gasteiger partial charge in [0.05, 0.1) is 6.42 Å². The van der Waals surface area contributed by atoms with Crippen LogP contribution in [0.2, 0.25) is 0 Å². The molecule has 0 saturated heterocycles. The van der Waals surface area contributed by atoms with E-state index in [2.05, 4.69) is 0 Å². The van der Waals surface area contributed by atoms with Crippen LogP contribution in [0.25, 0.3) is 0 Å². The van der Waals surface area contributed by atoms with Gasteiger partial charge in [-0.05, 0) is 6.42 Å². The van der Waals surface area contributed by atoms with E-state index in [4.69, 9.17) is 5.73 Å². The van der Waals surface area contributed by atoms with Crippen LogP contribution in [-0.2, 0) is 4.79 Å². The molecule has 0 aliphatic rings. The summed E-state index contributed by atoms with van der Waals surface area (Å²) in [7, 11) is 0. The largest absolute Gasteiger partial charge is 0.389 e. The van der Waals surface area contributed by atoms with Crippen LogP contribution >= 0.6 is 12.4 Å². The Morgan fingerprint density at radius 3 is 2.00 bits per heavy atom. The quantitative estimate of drug-likeness (QED) is 0.751. The standard InChI is InChI=1S/C6H10F3NO.ClH/c1-2-4(5(10)11)3-6(7,8)9;/h4H,2-3H2,1H3,(H2,10,11);1H. The van der Waals surface area contributed by atoms with E-state index in [1.54, 1.807) is 0 Å². The molecule has 0 bridgehead atoms. The van der Waals surface area contributed by atoms with Crippen molar-refractivity contribution in [2.75, 3.05) is 0 Å². The maximum atomic E-state index is 11.6. The molecule has 74 valence electrons. The SMILES string of the molecule is CCC(CC(F)(F)F)C(N)=O.Cl. The van der Waals surface area contributed by atoms with E-state index in [0.717, 1.165) is 0 Å². The van der Waals surface area contributed by atoms with Gasteiger partial charge in [0, 0.05) is 5.92 Å². The van der Waals surface area contributed by atoms with Crippen LogP contribution in [0.1, 0.15) is 19.8 Å². The van der Waals surface area contributed by atoms with Gasteiger partial charge in [0.25, 0.3) is 0 Å². The fraction of sp³-hybridized carbons (Fsp3) is 0.833. The number of rotatable bonds is 3. The van der Waals surface area contributed by atoms with Crippen molar-refractivity contribution >= 4 is 18.3 Å². The molecule has 0 saturated carbocycles. The monoisotopic (exact) mass is 205 g/mol. The zero-order valence-electron chi connectivity index (χ0n) is 6.52. The van der Waals surface area contributed by atoms with Crippen molar-refractivity contribution in [1.82, 2.24) is 0 Å². The lowest BCUT2D eigenvalue weighted by atomic mass is 10.0. The number of amides is 1. The van der Waals surface area contributed by atoms with Crippen molar-refractivity contribution in [1.29, 1.82) is 0 Å². The third-order valence-electron chi connectivity index (χ3n) is 1.37. The summed E-state index contributed by atoms with van der Waals surface area (Å²) in [6, 6.07) is 0. The molecular formula is C6H11ClF3NO. The van der Waals surface area contributed by atoms with Gasteiger partial charge in [-0.25, -0.2) is 0 Å². The summed E-state index contributed by atoms with van der Waals surface area (Å²) < 4.78 is 34.9. The van der Waals surface area contributed by atoms with Gasteiger partial charge in [0.2, 0.25) is 5.91 Å². The number of alkyl halides is 3. The molecule has 0 spiro atoms. The number of carbonyl (C=O) groups is 1. The highest BCUT2D eigenvalue weighted by molar-refractivity contribution is 5.85. The molecule has 1 unspecified atom stereocenters. The van der Waals surface area contributed by atoms with E-state index in [0.29, 0.717) is 0 Å². The topological polar surface area (TPSA) is 43.1 Å². The Balaban J connectivity index is 0. The molecule has 0 aliphatic carbocycles. The number of hydrogen-bond donors (Lipinski definition) is 1. The first-order chi connectivity index (χ1) is 4.87. The highest BCUT2D eigenvalue weighted by Crippen LogP contribution is 2.25. The van der Waals surface area contributed by atoms with E-state index < -0.39 is 24.4 Å². The third kappa shape index (κ3) is 6.27. The van der Waals surface area contributed by atoms with Gasteiger partial charge in [0.1, 0.15) is 0 Å². The second-order valence-electron chi connectivity index (χ2n) is 2.33. The van der Waals surface area contributed by atoms with E-state index in [9.17, 15) is 18.0 Å². The van der Waals surface area contributed by atoms with Crippen LogP contribution in [0.15, 0.2) is 0 Å². The lowest BCUT2D eigenvalue weighted by Crippen LogP contribution is -2.27. The minimum Gasteiger partial charge on any atom is -0.369 e. The minimum atomic E-state index is -4.30. The van der Waals surface area contributed by atoms with Crippen LogP contribution < -0.4 is 5.73 Å². The smallest absolute Gasteiger partial charge is 0.369 e. The lowest BCUT2D eigenvalue weighted by Gasteiger charge is -2.12. The average Bonchev–Trinajstić information content (AvgIpc) is 1.80. The van der Waals surface area contributed by atoms with Crippen molar-refractivity contribution in [2.24, 2.45) is 11.7 Å². The molecule has 0 heterocycles. The second kappa shape index (κ2) is 5.24. The van der Waals surface area contributed by atoms with Gasteiger partial charge in [-0.1, -0.05) is 6.92 Å². The van der Waals surface area contributed by atoms with Gasteiger partial charge < -0.3 is 5.73 Å². The van der Waals surface area contributed by atoms with Crippen molar-refractivity contribution in [3.05, 3.63) is 0 Å². The van der Waals surface area contributed by atoms with E-state index in [1.807, 2.05) is 0 Å². The average molecular weight is 206 g/mol. The first kappa shape index (κ1) is 14.1. The van der Waals surface area contributed by atoms with Crippen molar-refractivity contribution in [2.45, 2.75) is 25.9 Å². The Labute approximate surface area is 74.7 Å². The molecular weight excluding hydrogens is 195 g/mol. The molecule has 0 rings (SSSR count). The highest BCUT2D eigenvalue weighted by Gasteiger charge is 2.33. The summed E-state index contributed by atoms with van der Waals surface area (Å²) >= 11 is 0. The van der Waals surface area contributed by atoms with Crippen molar-refractivity contribution in [3.63, 3.8) is 0 Å². The summed E-state index contributed by atoms with van der Waals surface area (Å²) in [5.41, 5.74) is 4.72. The highest BCUT2D eigenvalue weighted by atomic mass is 35.5. The lowest BCUT2D eigenvalue weighted by molar-refractivity contribution is -0.153. The first-order valence-corrected chi connectivity index (χ1v) is 3.23. The van der Waals surface area contributed by atoms with Gasteiger partial charge in [-0.15, -0.1) is 12.4 Å². The molecule has 0 aliphatic heterocycles. The maximum Gasteiger partial charge on any atom is 0.389 e. The molecule has 2 N–H and O–H groups in total.